The third-order valence-electron chi connectivity index (χ3n) is 4.57. The third-order valence-corrected chi connectivity index (χ3v) is 5.85. The Kier molecular flexibility index (Phi) is 6.68. The van der Waals surface area contributed by atoms with E-state index < -0.39 is 16.8 Å². The molecule has 1 heterocycles. The molecule has 29 heavy (non-hydrogen) atoms. The van der Waals surface area contributed by atoms with Gasteiger partial charge in [-0.3, -0.25) is 4.98 Å². The summed E-state index contributed by atoms with van der Waals surface area (Å²) in [5.74, 6) is -0.100. The average molecular weight is 415 g/mol. The molecule has 0 radical (unpaired) electrons. The maximum Gasteiger partial charge on any atom is 0.141 e. The fourth-order valence-electron chi connectivity index (χ4n) is 2.82. The van der Waals surface area contributed by atoms with Gasteiger partial charge >= 0.3 is 0 Å². The van der Waals surface area contributed by atoms with Gasteiger partial charge in [0.25, 0.3) is 0 Å². The van der Waals surface area contributed by atoms with E-state index in [1.165, 1.54) is 18.5 Å². The van der Waals surface area contributed by atoms with E-state index in [-0.39, 0.29) is 24.4 Å². The molecule has 0 spiro atoms. The fraction of sp³-hybridized carbons (Fsp3) is 0.238. The van der Waals surface area contributed by atoms with Crippen LogP contribution >= 0.6 is 0 Å². The lowest BCUT2D eigenvalue weighted by Crippen LogP contribution is -2.38. The molecule has 0 aliphatic heterocycles. The van der Waals surface area contributed by atoms with Crippen LogP contribution in [0.2, 0.25) is 0 Å². The van der Waals surface area contributed by atoms with Crippen LogP contribution in [0.25, 0.3) is 22.4 Å². The van der Waals surface area contributed by atoms with Crippen molar-refractivity contribution in [2.45, 2.75) is 24.8 Å². The molecule has 0 saturated heterocycles. The zero-order valence-electron chi connectivity index (χ0n) is 16.2. The van der Waals surface area contributed by atoms with Crippen molar-refractivity contribution in [3.63, 3.8) is 0 Å². The first-order chi connectivity index (χ1) is 13.9. The highest BCUT2D eigenvalue weighted by atomic mass is 32.2. The van der Waals surface area contributed by atoms with Gasteiger partial charge in [0.05, 0.1) is 29.6 Å². The van der Waals surface area contributed by atoms with Crippen molar-refractivity contribution in [2.24, 2.45) is 5.92 Å². The SMILES string of the molecule is CC(C)C(CO)NS(=O)c1ccccc1-c1ccc(-c2cnc(N)cn2)c(F)c1. The number of halogens is 1. The van der Waals surface area contributed by atoms with Crippen molar-refractivity contribution in [3.05, 3.63) is 60.7 Å². The molecule has 152 valence electrons. The highest BCUT2D eigenvalue weighted by Gasteiger charge is 2.19. The summed E-state index contributed by atoms with van der Waals surface area (Å²) in [5.41, 5.74) is 7.45. The fourth-order valence-corrected chi connectivity index (χ4v) is 4.16. The Bertz CT molecular complexity index is 1010. The number of nitrogens with two attached hydrogens (primary N) is 1. The number of hydrogen-bond donors (Lipinski definition) is 3. The minimum Gasteiger partial charge on any atom is -0.395 e. The van der Waals surface area contributed by atoms with Crippen molar-refractivity contribution in [1.29, 1.82) is 0 Å². The lowest BCUT2D eigenvalue weighted by atomic mass is 10.0. The summed E-state index contributed by atoms with van der Waals surface area (Å²) in [6.45, 7) is 3.74. The predicted octanol–water partition coefficient (Wildman–Crippen LogP) is 3.16. The van der Waals surface area contributed by atoms with Gasteiger partial charge < -0.3 is 10.8 Å². The molecule has 8 heteroatoms. The maximum absolute atomic E-state index is 14.8. The standard InChI is InChI=1S/C21H23FN4O2S/c1-13(2)19(12-27)26-29(28)20-6-4-3-5-15(20)14-7-8-16(17(22)9-14)18-10-25-21(23)11-24-18/h3-11,13,19,26-27H,12H2,1-2H3,(H2,23,25). The smallest absolute Gasteiger partial charge is 0.141 e. The second-order valence-corrected chi connectivity index (χ2v) is 8.15. The number of nitrogens with zero attached hydrogens (tertiary/aromatic N) is 2. The number of benzene rings is 2. The van der Waals surface area contributed by atoms with Crippen LogP contribution in [-0.2, 0) is 11.0 Å². The summed E-state index contributed by atoms with van der Waals surface area (Å²) in [6, 6.07) is 11.5. The van der Waals surface area contributed by atoms with Gasteiger partial charge in [-0.1, -0.05) is 38.1 Å². The van der Waals surface area contributed by atoms with Crippen molar-refractivity contribution < 1.29 is 13.7 Å². The molecular formula is C21H23FN4O2S. The average Bonchev–Trinajstić information content (AvgIpc) is 2.72. The molecule has 0 amide bonds. The lowest BCUT2D eigenvalue weighted by Gasteiger charge is -2.20. The van der Waals surface area contributed by atoms with E-state index in [0.717, 1.165) is 0 Å². The number of nitrogens with one attached hydrogen (secondary N) is 1. The van der Waals surface area contributed by atoms with Crippen LogP contribution in [0.15, 0.2) is 59.8 Å². The molecule has 1 aromatic heterocycles. The number of anilines is 1. The summed E-state index contributed by atoms with van der Waals surface area (Å²) in [5, 5.41) is 9.51. The van der Waals surface area contributed by atoms with Crippen molar-refractivity contribution in [2.75, 3.05) is 12.3 Å². The second-order valence-electron chi connectivity index (χ2n) is 6.94. The molecule has 0 fully saturated rings. The Morgan fingerprint density at radius 2 is 1.90 bits per heavy atom. The highest BCUT2D eigenvalue weighted by Crippen LogP contribution is 2.30. The van der Waals surface area contributed by atoms with Gasteiger partial charge in [-0.15, -0.1) is 0 Å². The monoisotopic (exact) mass is 414 g/mol. The largest absolute Gasteiger partial charge is 0.395 e. The number of aliphatic hydroxyl groups is 1. The molecule has 0 aliphatic carbocycles. The number of nitrogen functional groups attached to an aromatic ring is 1. The zero-order valence-corrected chi connectivity index (χ0v) is 17.0. The molecule has 3 aromatic rings. The molecule has 2 atom stereocenters. The zero-order chi connectivity index (χ0) is 21.0. The van der Waals surface area contributed by atoms with Crippen LogP contribution in [0.1, 0.15) is 13.8 Å². The van der Waals surface area contributed by atoms with Gasteiger partial charge in [0.1, 0.15) is 22.6 Å². The number of aliphatic hydroxyl groups excluding tert-OH is 1. The van der Waals surface area contributed by atoms with Gasteiger partial charge in [0.2, 0.25) is 0 Å². The highest BCUT2D eigenvalue weighted by molar-refractivity contribution is 7.83. The first-order valence-corrected chi connectivity index (χ1v) is 10.3. The van der Waals surface area contributed by atoms with Crippen molar-refractivity contribution in [1.82, 2.24) is 14.7 Å². The van der Waals surface area contributed by atoms with Crippen LogP contribution in [-0.4, -0.2) is 31.9 Å². The number of rotatable bonds is 7. The third kappa shape index (κ3) is 4.84. The number of aromatic nitrogens is 2. The topological polar surface area (TPSA) is 101 Å². The van der Waals surface area contributed by atoms with Gasteiger partial charge in [-0.05, 0) is 35.2 Å². The van der Waals surface area contributed by atoms with E-state index in [1.807, 2.05) is 13.8 Å². The summed E-state index contributed by atoms with van der Waals surface area (Å²) < 4.78 is 30.6. The summed E-state index contributed by atoms with van der Waals surface area (Å²) in [7, 11) is -1.57. The molecule has 0 saturated carbocycles. The van der Waals surface area contributed by atoms with Crippen molar-refractivity contribution >= 4 is 16.8 Å². The molecule has 0 aliphatic rings. The Balaban J connectivity index is 1.94. The summed E-state index contributed by atoms with van der Waals surface area (Å²) in [6.07, 6.45) is 2.79. The van der Waals surface area contributed by atoms with Crippen LogP contribution in [0.5, 0.6) is 0 Å². The normalized spacial score (nSPS) is 13.4. The molecule has 2 aromatic carbocycles. The molecule has 0 bridgehead atoms. The minimum atomic E-state index is -1.57. The summed E-state index contributed by atoms with van der Waals surface area (Å²) >= 11 is 0. The molecule has 6 nitrogen and oxygen atoms in total. The van der Waals surface area contributed by atoms with Crippen LogP contribution in [0.4, 0.5) is 10.2 Å². The van der Waals surface area contributed by atoms with E-state index >= 15 is 0 Å². The van der Waals surface area contributed by atoms with Crippen molar-refractivity contribution in [3.8, 4) is 22.4 Å². The predicted molar refractivity (Wildman–Crippen MR) is 113 cm³/mol. The first kappa shape index (κ1) is 21.0. The van der Waals surface area contributed by atoms with Gasteiger partial charge in [-0.2, -0.15) is 0 Å². The Morgan fingerprint density at radius 3 is 2.52 bits per heavy atom. The summed E-state index contributed by atoms with van der Waals surface area (Å²) in [4.78, 5) is 8.57. The van der Waals surface area contributed by atoms with E-state index in [2.05, 4.69) is 14.7 Å². The molecule has 3 rings (SSSR count). The van der Waals surface area contributed by atoms with E-state index in [0.29, 0.717) is 27.3 Å². The maximum atomic E-state index is 14.8. The Labute approximate surface area is 171 Å². The molecular weight excluding hydrogens is 391 g/mol. The lowest BCUT2D eigenvalue weighted by molar-refractivity contribution is 0.229. The van der Waals surface area contributed by atoms with E-state index in [9.17, 15) is 13.7 Å². The second kappa shape index (κ2) is 9.21. The number of hydrogen-bond acceptors (Lipinski definition) is 5. The Morgan fingerprint density at radius 1 is 1.14 bits per heavy atom. The van der Waals surface area contributed by atoms with E-state index in [1.54, 1.807) is 36.4 Å². The van der Waals surface area contributed by atoms with E-state index in [4.69, 9.17) is 5.73 Å². The Hall–Kier alpha value is -2.68. The first-order valence-electron chi connectivity index (χ1n) is 9.16. The van der Waals surface area contributed by atoms with Gasteiger partial charge in [0.15, 0.2) is 0 Å². The van der Waals surface area contributed by atoms with Crippen LogP contribution in [0.3, 0.4) is 0 Å². The minimum absolute atomic E-state index is 0.105. The van der Waals surface area contributed by atoms with Gasteiger partial charge in [-0.25, -0.2) is 18.3 Å². The molecule has 2 unspecified atom stereocenters. The quantitative estimate of drug-likeness (QED) is 0.551. The van der Waals surface area contributed by atoms with Crippen LogP contribution in [0, 0.1) is 11.7 Å². The molecule has 4 N–H and O–H groups in total. The van der Waals surface area contributed by atoms with Crippen LogP contribution < -0.4 is 10.5 Å². The van der Waals surface area contributed by atoms with Gasteiger partial charge in [0, 0.05) is 11.6 Å².